The third kappa shape index (κ3) is 5.90. The number of carbonyl (C=O) groups excluding carboxylic acids is 1. The van der Waals surface area contributed by atoms with Crippen molar-refractivity contribution in [3.63, 3.8) is 0 Å². The van der Waals surface area contributed by atoms with E-state index in [4.69, 9.17) is 0 Å². The lowest BCUT2D eigenvalue weighted by Gasteiger charge is -2.36. The van der Waals surface area contributed by atoms with Crippen LogP contribution in [-0.4, -0.2) is 53.2 Å². The highest BCUT2D eigenvalue weighted by atomic mass is 19.4. The van der Waals surface area contributed by atoms with Crippen LogP contribution in [0.25, 0.3) is 10.9 Å². The Hall–Kier alpha value is -3.27. The van der Waals surface area contributed by atoms with Crippen LogP contribution in [0.1, 0.15) is 59.5 Å². The maximum Gasteiger partial charge on any atom is 0.390 e. The summed E-state index contributed by atoms with van der Waals surface area (Å²) in [4.78, 5) is 30.7. The maximum atomic E-state index is 13.5. The molecule has 1 saturated heterocycles. The molecule has 0 spiro atoms. The van der Waals surface area contributed by atoms with Gasteiger partial charge in [-0.3, -0.25) is 9.59 Å². The Morgan fingerprint density at radius 2 is 1.87 bits per heavy atom. The predicted molar refractivity (Wildman–Crippen MR) is 144 cm³/mol. The van der Waals surface area contributed by atoms with Crippen molar-refractivity contribution in [2.75, 3.05) is 32.0 Å². The smallest absolute Gasteiger partial charge is 0.388 e. The fourth-order valence-electron chi connectivity index (χ4n) is 5.73. The van der Waals surface area contributed by atoms with Gasteiger partial charge in [0.1, 0.15) is 0 Å². The number of hydrogen-bond acceptors (Lipinski definition) is 4. The lowest BCUT2D eigenvalue weighted by molar-refractivity contribution is -0.138. The fourth-order valence-corrected chi connectivity index (χ4v) is 5.73. The molecule has 1 atom stereocenters. The van der Waals surface area contributed by atoms with E-state index in [1.54, 1.807) is 14.0 Å². The Morgan fingerprint density at radius 3 is 2.53 bits per heavy atom. The number of nitrogens with zero attached hydrogens (tertiary/aromatic N) is 2. The van der Waals surface area contributed by atoms with Crippen molar-refractivity contribution in [2.24, 2.45) is 5.92 Å². The van der Waals surface area contributed by atoms with Crippen molar-refractivity contribution in [1.82, 2.24) is 19.8 Å². The number of para-hydroxylation sites is 1. The van der Waals surface area contributed by atoms with Crippen LogP contribution in [0.3, 0.4) is 0 Å². The van der Waals surface area contributed by atoms with Crippen LogP contribution in [0.2, 0.25) is 0 Å². The zero-order valence-electron chi connectivity index (χ0n) is 22.3. The number of anilines is 1. The first-order valence-electron chi connectivity index (χ1n) is 13.1. The highest BCUT2D eigenvalue weighted by Gasteiger charge is 2.32. The number of H-pyrrole nitrogens is 1. The minimum Gasteiger partial charge on any atom is -0.388 e. The number of pyridine rings is 1. The van der Waals surface area contributed by atoms with Gasteiger partial charge in [0, 0.05) is 47.6 Å². The zero-order chi connectivity index (χ0) is 27.6. The Bertz CT molecular complexity index is 1350. The number of alkyl halides is 3. The van der Waals surface area contributed by atoms with E-state index in [9.17, 15) is 22.8 Å². The number of aromatic nitrogens is 2. The second-order valence-corrected chi connectivity index (χ2v) is 10.2. The monoisotopic (exact) mass is 531 g/mol. The van der Waals surface area contributed by atoms with Gasteiger partial charge in [0.2, 0.25) is 0 Å². The van der Waals surface area contributed by atoms with Gasteiger partial charge in [-0.1, -0.05) is 18.2 Å². The van der Waals surface area contributed by atoms with Gasteiger partial charge >= 0.3 is 6.18 Å². The summed E-state index contributed by atoms with van der Waals surface area (Å²) >= 11 is 0. The molecule has 1 aromatic carbocycles. The number of benzene rings is 1. The molecular formula is C28H36F3N5O2. The molecule has 1 aliphatic heterocycles. The number of carbonyl (C=O) groups is 1. The van der Waals surface area contributed by atoms with Crippen LogP contribution >= 0.6 is 0 Å². The molecule has 3 aromatic rings. The highest BCUT2D eigenvalue weighted by Crippen LogP contribution is 2.36. The first-order valence-corrected chi connectivity index (χ1v) is 13.1. The number of halogens is 3. The van der Waals surface area contributed by atoms with E-state index in [1.165, 1.54) is 0 Å². The molecular weight excluding hydrogens is 495 g/mol. The van der Waals surface area contributed by atoms with Gasteiger partial charge in [-0.15, -0.1) is 0 Å². The number of hydrogen-bond donors (Lipinski definition) is 3. The van der Waals surface area contributed by atoms with Crippen LogP contribution in [0.4, 0.5) is 18.9 Å². The average Bonchev–Trinajstić information content (AvgIpc) is 3.17. The molecule has 0 bridgehead atoms. The summed E-state index contributed by atoms with van der Waals surface area (Å²) in [5.41, 5.74) is 3.97. The summed E-state index contributed by atoms with van der Waals surface area (Å²) in [5, 5.41) is 6.79. The first-order chi connectivity index (χ1) is 18.0. The van der Waals surface area contributed by atoms with Gasteiger partial charge in [-0.05, 0) is 64.8 Å². The Morgan fingerprint density at radius 1 is 1.18 bits per heavy atom. The average molecular weight is 532 g/mol. The van der Waals surface area contributed by atoms with Crippen molar-refractivity contribution in [3.8, 4) is 0 Å². The Balaban J connectivity index is 1.54. The van der Waals surface area contributed by atoms with E-state index >= 15 is 0 Å². The number of aromatic amines is 1. The number of fused-ring (bicyclic) bond motifs is 1. The van der Waals surface area contributed by atoms with E-state index in [2.05, 4.69) is 27.1 Å². The summed E-state index contributed by atoms with van der Waals surface area (Å²) < 4.78 is 40.1. The third-order valence-corrected chi connectivity index (χ3v) is 7.78. The van der Waals surface area contributed by atoms with Gasteiger partial charge in [0.25, 0.3) is 11.5 Å². The highest BCUT2D eigenvalue weighted by molar-refractivity contribution is 6.08. The van der Waals surface area contributed by atoms with Crippen LogP contribution < -0.4 is 16.2 Å². The number of amides is 1. The van der Waals surface area contributed by atoms with E-state index in [0.29, 0.717) is 29.9 Å². The molecule has 3 heterocycles. The summed E-state index contributed by atoms with van der Waals surface area (Å²) in [6.45, 7) is 7.25. The van der Waals surface area contributed by atoms with Crippen molar-refractivity contribution in [3.05, 3.63) is 63.2 Å². The quantitative estimate of drug-likeness (QED) is 0.376. The fraction of sp³-hybridized carbons (Fsp3) is 0.500. The number of likely N-dealkylation sites (tertiary alicyclic amines) is 1. The maximum absolute atomic E-state index is 13.5. The minimum absolute atomic E-state index is 0.0412. The van der Waals surface area contributed by atoms with Gasteiger partial charge in [0.05, 0.1) is 24.1 Å². The van der Waals surface area contributed by atoms with Crippen molar-refractivity contribution < 1.29 is 18.0 Å². The van der Waals surface area contributed by atoms with Crippen molar-refractivity contribution in [2.45, 2.75) is 58.8 Å². The van der Waals surface area contributed by atoms with Gasteiger partial charge in [0.15, 0.2) is 0 Å². The van der Waals surface area contributed by atoms with E-state index in [1.807, 2.05) is 42.2 Å². The normalized spacial score (nSPS) is 16.1. The molecule has 38 heavy (non-hydrogen) atoms. The summed E-state index contributed by atoms with van der Waals surface area (Å²) in [6.07, 6.45) is -3.31. The van der Waals surface area contributed by atoms with Gasteiger partial charge < -0.3 is 25.1 Å². The summed E-state index contributed by atoms with van der Waals surface area (Å²) in [6, 6.07) is 9.67. The van der Waals surface area contributed by atoms with E-state index < -0.39 is 12.6 Å². The molecule has 7 nitrogen and oxygen atoms in total. The van der Waals surface area contributed by atoms with Crippen LogP contribution in [-0.2, 0) is 6.54 Å². The standard InChI is InChI=1S/C28H36F3N5O2/c1-17-15-23(32-4)22(26(37)34-17)16-33-27(38)25-19(3)36(24-8-6-5-7-21(24)25)18(2)20-9-12-35(13-10-20)14-11-28(29,30)31/h5-8,15,18,20H,9-14,16H2,1-4H3,(H,33,38)(H2,32,34,37)/t18-/m1/s1. The van der Waals surface area contributed by atoms with E-state index in [0.717, 1.165) is 35.1 Å². The molecule has 1 amide bonds. The van der Waals surface area contributed by atoms with Crippen LogP contribution in [0.5, 0.6) is 0 Å². The van der Waals surface area contributed by atoms with Crippen molar-refractivity contribution >= 4 is 22.5 Å². The second kappa shape index (κ2) is 11.2. The molecule has 3 N–H and O–H groups in total. The molecule has 1 fully saturated rings. The number of piperidine rings is 1. The molecule has 0 unspecified atom stereocenters. The van der Waals surface area contributed by atoms with Gasteiger partial charge in [-0.25, -0.2) is 0 Å². The zero-order valence-corrected chi connectivity index (χ0v) is 22.3. The minimum atomic E-state index is -4.14. The SMILES string of the molecule is CNc1cc(C)[nH]c(=O)c1CNC(=O)c1c(C)n([C@H](C)C2CCN(CCC(F)(F)F)CC2)c2ccccc12. The molecule has 206 valence electrons. The number of nitrogens with one attached hydrogen (secondary N) is 3. The molecule has 1 aliphatic rings. The first kappa shape index (κ1) is 27.8. The number of rotatable bonds is 8. The Labute approximate surface area is 220 Å². The van der Waals surface area contributed by atoms with E-state index in [-0.39, 0.29) is 36.5 Å². The number of aryl methyl sites for hydroxylation is 1. The second-order valence-electron chi connectivity index (χ2n) is 10.2. The molecule has 0 aliphatic carbocycles. The lowest BCUT2D eigenvalue weighted by atomic mass is 9.90. The largest absolute Gasteiger partial charge is 0.390 e. The molecule has 10 heteroatoms. The van der Waals surface area contributed by atoms with Crippen molar-refractivity contribution in [1.29, 1.82) is 0 Å². The van der Waals surface area contributed by atoms with Crippen LogP contribution in [0, 0.1) is 19.8 Å². The lowest BCUT2D eigenvalue weighted by Crippen LogP contribution is -2.38. The Kier molecular flexibility index (Phi) is 8.20. The summed E-state index contributed by atoms with van der Waals surface area (Å²) in [5.74, 6) is 0.0282. The molecule has 0 saturated carbocycles. The topological polar surface area (TPSA) is 82.2 Å². The van der Waals surface area contributed by atoms with Gasteiger partial charge in [-0.2, -0.15) is 13.2 Å². The third-order valence-electron chi connectivity index (χ3n) is 7.78. The van der Waals surface area contributed by atoms with Crippen LogP contribution in [0.15, 0.2) is 35.1 Å². The summed E-state index contributed by atoms with van der Waals surface area (Å²) in [7, 11) is 1.74. The molecule has 2 aromatic heterocycles. The predicted octanol–water partition coefficient (Wildman–Crippen LogP) is 5.14. The molecule has 4 rings (SSSR count). The molecule has 0 radical (unpaired) electrons.